The molecule has 2 aliphatic rings. The number of ether oxygens (including phenoxy) is 2. The minimum atomic E-state index is -0.232. The highest BCUT2D eigenvalue weighted by Gasteiger charge is 2.32. The van der Waals surface area contributed by atoms with Crippen LogP contribution in [-0.2, 0) is 4.74 Å². The van der Waals surface area contributed by atoms with Crippen molar-refractivity contribution in [1.29, 1.82) is 0 Å². The molecule has 4 rings (SSSR count). The van der Waals surface area contributed by atoms with E-state index in [-0.39, 0.29) is 17.1 Å². The minimum Gasteiger partial charge on any atom is -0.496 e. The van der Waals surface area contributed by atoms with E-state index in [1.165, 1.54) is 0 Å². The lowest BCUT2D eigenvalue weighted by Crippen LogP contribution is -2.36. The molecule has 1 heterocycles. The number of carbonyl (C=O) groups is 2. The molecule has 0 atom stereocenters. The molecule has 132 valence electrons. The first kappa shape index (κ1) is 16.5. The van der Waals surface area contributed by atoms with Crippen LogP contribution < -0.4 is 9.64 Å². The van der Waals surface area contributed by atoms with Gasteiger partial charge in [-0.25, -0.2) is 0 Å². The van der Waals surface area contributed by atoms with Crippen LogP contribution in [0.2, 0.25) is 0 Å². The average molecular weight is 349 g/mol. The number of rotatable bonds is 3. The maximum Gasteiger partial charge on any atom is 0.197 e. The molecule has 0 saturated carbocycles. The van der Waals surface area contributed by atoms with Crippen molar-refractivity contribution in [2.45, 2.75) is 0 Å². The van der Waals surface area contributed by atoms with E-state index in [0.717, 1.165) is 18.8 Å². The summed E-state index contributed by atoms with van der Waals surface area (Å²) < 4.78 is 10.9. The molecule has 0 radical (unpaired) electrons. The van der Waals surface area contributed by atoms with Crippen LogP contribution in [0.3, 0.4) is 0 Å². The van der Waals surface area contributed by atoms with Crippen molar-refractivity contribution in [2.75, 3.05) is 38.3 Å². The Labute approximate surface area is 151 Å². The summed E-state index contributed by atoms with van der Waals surface area (Å²) in [5, 5.41) is 0. The number of fused-ring (bicyclic) bond motifs is 1. The number of nitrogens with zero attached hydrogens (tertiary/aromatic N) is 1. The number of hydrogen-bond acceptors (Lipinski definition) is 5. The predicted molar refractivity (Wildman–Crippen MR) is 99.1 cm³/mol. The van der Waals surface area contributed by atoms with Gasteiger partial charge in [-0.1, -0.05) is 24.3 Å². The monoisotopic (exact) mass is 349 g/mol. The molecule has 0 N–H and O–H groups in total. The minimum absolute atomic E-state index is 0.184. The summed E-state index contributed by atoms with van der Waals surface area (Å²) >= 11 is 0. The van der Waals surface area contributed by atoms with E-state index in [4.69, 9.17) is 9.47 Å². The number of anilines is 1. The number of morpholine rings is 1. The molecule has 1 saturated heterocycles. The molecule has 5 heteroatoms. The lowest BCUT2D eigenvalue weighted by molar-refractivity contribution is 0.0990. The van der Waals surface area contributed by atoms with Crippen LogP contribution in [0, 0.1) is 0 Å². The van der Waals surface area contributed by atoms with E-state index in [1.54, 1.807) is 37.5 Å². The average Bonchev–Trinajstić information content (AvgIpc) is 2.94. The lowest BCUT2D eigenvalue weighted by Gasteiger charge is -2.29. The molecule has 0 aromatic heterocycles. The number of carbonyl (C=O) groups excluding carboxylic acids is 2. The Kier molecular flexibility index (Phi) is 4.31. The smallest absolute Gasteiger partial charge is 0.197 e. The highest BCUT2D eigenvalue weighted by molar-refractivity contribution is 6.41. The second-order valence-corrected chi connectivity index (χ2v) is 6.29. The van der Waals surface area contributed by atoms with Gasteiger partial charge in [-0.05, 0) is 18.2 Å². The molecule has 0 unspecified atom stereocenters. The van der Waals surface area contributed by atoms with Gasteiger partial charge in [0, 0.05) is 41.5 Å². The van der Waals surface area contributed by atoms with E-state index < -0.39 is 0 Å². The number of allylic oxidation sites excluding steroid dienone is 1. The zero-order valence-electron chi connectivity index (χ0n) is 14.5. The molecule has 0 spiro atoms. The molecule has 1 fully saturated rings. The predicted octanol–water partition coefficient (Wildman–Crippen LogP) is 2.99. The molecule has 0 amide bonds. The van der Waals surface area contributed by atoms with Gasteiger partial charge in [0.1, 0.15) is 5.75 Å². The van der Waals surface area contributed by atoms with Crippen molar-refractivity contribution in [3.8, 4) is 5.75 Å². The summed E-state index contributed by atoms with van der Waals surface area (Å²) in [5.74, 6) is 0.174. The fourth-order valence-electron chi connectivity index (χ4n) is 3.40. The Morgan fingerprint density at radius 1 is 1.00 bits per heavy atom. The van der Waals surface area contributed by atoms with Gasteiger partial charge in [-0.3, -0.25) is 9.59 Å². The van der Waals surface area contributed by atoms with E-state index in [9.17, 15) is 9.59 Å². The highest BCUT2D eigenvalue weighted by Crippen LogP contribution is 2.32. The number of Topliss-reactive ketones (excluding diaryl/α,β-unsaturated/α-hetero) is 2. The molecular formula is C21H19NO4. The zero-order valence-corrected chi connectivity index (χ0v) is 14.5. The molecule has 26 heavy (non-hydrogen) atoms. The van der Waals surface area contributed by atoms with E-state index >= 15 is 0 Å². The third-order valence-electron chi connectivity index (χ3n) is 4.80. The van der Waals surface area contributed by atoms with E-state index in [0.29, 0.717) is 35.7 Å². The van der Waals surface area contributed by atoms with E-state index in [1.807, 2.05) is 18.2 Å². The van der Waals surface area contributed by atoms with Gasteiger partial charge in [0.2, 0.25) is 0 Å². The van der Waals surface area contributed by atoms with Crippen molar-refractivity contribution < 1.29 is 19.1 Å². The Bertz CT molecular complexity index is 873. The maximum absolute atomic E-state index is 12.6. The Morgan fingerprint density at radius 2 is 1.65 bits per heavy atom. The van der Waals surface area contributed by atoms with Gasteiger partial charge >= 0.3 is 0 Å². The lowest BCUT2D eigenvalue weighted by atomic mass is 10.1. The topological polar surface area (TPSA) is 55.8 Å². The second kappa shape index (κ2) is 6.77. The number of benzene rings is 2. The normalized spacial score (nSPS) is 16.7. The first-order valence-corrected chi connectivity index (χ1v) is 8.60. The standard InChI is InChI=1S/C21H19NO4/c1-25-19-13-15(22-8-10-26-11-9-22)7-6-14(19)12-18-20(23)16-4-2-3-5-17(16)21(18)24/h2-7,12-13H,8-11H2,1H3. The Morgan fingerprint density at radius 3 is 2.27 bits per heavy atom. The van der Waals surface area contributed by atoms with Gasteiger partial charge in [-0.15, -0.1) is 0 Å². The second-order valence-electron chi connectivity index (χ2n) is 6.29. The Balaban J connectivity index is 1.69. The fourth-order valence-corrected chi connectivity index (χ4v) is 3.40. The van der Waals surface area contributed by atoms with Crippen LogP contribution in [-0.4, -0.2) is 45.0 Å². The third kappa shape index (κ3) is 2.80. The highest BCUT2D eigenvalue weighted by atomic mass is 16.5. The van der Waals surface area contributed by atoms with Gasteiger partial charge < -0.3 is 14.4 Å². The molecule has 1 aliphatic carbocycles. The van der Waals surface area contributed by atoms with E-state index in [2.05, 4.69) is 4.90 Å². The van der Waals surface area contributed by atoms with Crippen molar-refractivity contribution in [2.24, 2.45) is 0 Å². The largest absolute Gasteiger partial charge is 0.496 e. The zero-order chi connectivity index (χ0) is 18.1. The van der Waals surface area contributed by atoms with Crippen molar-refractivity contribution >= 4 is 23.3 Å². The summed E-state index contributed by atoms with van der Waals surface area (Å²) in [6, 6.07) is 12.7. The molecule has 2 aromatic rings. The van der Waals surface area contributed by atoms with Gasteiger partial charge in [-0.2, -0.15) is 0 Å². The Hall–Kier alpha value is -2.92. The summed E-state index contributed by atoms with van der Waals surface area (Å²) in [6.07, 6.45) is 1.63. The third-order valence-corrected chi connectivity index (χ3v) is 4.80. The van der Waals surface area contributed by atoms with Crippen LogP contribution in [0.5, 0.6) is 5.75 Å². The summed E-state index contributed by atoms with van der Waals surface area (Å²) in [6.45, 7) is 3.07. The first-order chi connectivity index (χ1) is 12.7. The van der Waals surface area contributed by atoms with Crippen molar-refractivity contribution in [3.05, 3.63) is 64.7 Å². The van der Waals surface area contributed by atoms with Gasteiger partial charge in [0.05, 0.1) is 25.9 Å². The quantitative estimate of drug-likeness (QED) is 0.630. The van der Waals surface area contributed by atoms with Crippen molar-refractivity contribution in [3.63, 3.8) is 0 Å². The number of ketones is 2. The van der Waals surface area contributed by atoms with Gasteiger partial charge in [0.15, 0.2) is 11.6 Å². The first-order valence-electron chi connectivity index (χ1n) is 8.60. The summed E-state index contributed by atoms with van der Waals surface area (Å²) in [5.41, 5.74) is 2.87. The summed E-state index contributed by atoms with van der Waals surface area (Å²) in [7, 11) is 1.59. The molecule has 0 bridgehead atoms. The molecule has 5 nitrogen and oxygen atoms in total. The van der Waals surface area contributed by atoms with Crippen LogP contribution in [0.15, 0.2) is 48.0 Å². The van der Waals surface area contributed by atoms with Crippen LogP contribution in [0.4, 0.5) is 5.69 Å². The SMILES string of the molecule is COc1cc(N2CCOCC2)ccc1C=C1C(=O)c2ccccc2C1=O. The van der Waals surface area contributed by atoms with Crippen LogP contribution in [0.1, 0.15) is 26.3 Å². The fraction of sp³-hybridized carbons (Fsp3) is 0.238. The van der Waals surface area contributed by atoms with Crippen LogP contribution in [0.25, 0.3) is 6.08 Å². The molecule has 2 aromatic carbocycles. The number of methoxy groups -OCH3 is 1. The summed E-state index contributed by atoms with van der Waals surface area (Å²) in [4.78, 5) is 27.4. The van der Waals surface area contributed by atoms with Crippen molar-refractivity contribution in [1.82, 2.24) is 0 Å². The molecule has 1 aliphatic heterocycles. The van der Waals surface area contributed by atoms with Gasteiger partial charge in [0.25, 0.3) is 0 Å². The molecular weight excluding hydrogens is 330 g/mol. The number of hydrogen-bond donors (Lipinski definition) is 0. The van der Waals surface area contributed by atoms with Crippen LogP contribution >= 0.6 is 0 Å². The maximum atomic E-state index is 12.6.